The molecule has 3 aromatic rings. The Morgan fingerprint density at radius 2 is 1.90 bits per heavy atom. The van der Waals surface area contributed by atoms with E-state index in [0.29, 0.717) is 5.88 Å². The lowest BCUT2D eigenvalue weighted by atomic mass is 10.1. The van der Waals surface area contributed by atoms with Crippen LogP contribution in [-0.4, -0.2) is 10.1 Å². The van der Waals surface area contributed by atoms with Gasteiger partial charge in [-0.3, -0.25) is 0 Å². The van der Waals surface area contributed by atoms with Crippen LogP contribution in [0.3, 0.4) is 0 Å². The van der Waals surface area contributed by atoms with Gasteiger partial charge in [0.05, 0.1) is 6.61 Å². The number of hydrogen-bond donors (Lipinski definition) is 1. The van der Waals surface area contributed by atoms with Gasteiger partial charge in [-0.1, -0.05) is 34.1 Å². The van der Waals surface area contributed by atoms with Crippen LogP contribution in [0, 0.1) is 6.92 Å². The number of aryl methyl sites for hydroxylation is 1. The fraction of sp³-hybridized carbons (Fsp3) is 0.118. The van der Waals surface area contributed by atoms with Crippen molar-refractivity contribution >= 4 is 26.7 Å². The number of hydrogen-bond acceptors (Lipinski definition) is 3. The van der Waals surface area contributed by atoms with E-state index in [2.05, 4.69) is 20.9 Å². The molecule has 1 N–H and O–H groups in total. The summed E-state index contributed by atoms with van der Waals surface area (Å²) in [4.78, 5) is 4.34. The van der Waals surface area contributed by atoms with Crippen molar-refractivity contribution in [3.63, 3.8) is 0 Å². The van der Waals surface area contributed by atoms with Crippen molar-refractivity contribution in [2.24, 2.45) is 0 Å². The summed E-state index contributed by atoms with van der Waals surface area (Å²) in [6.45, 7) is 1.95. The maximum atomic E-state index is 9.40. The molecule has 0 aliphatic carbocycles. The Labute approximate surface area is 131 Å². The lowest BCUT2D eigenvalue weighted by Crippen LogP contribution is -1.95. The van der Waals surface area contributed by atoms with Crippen LogP contribution in [0.15, 0.2) is 53.1 Å². The van der Waals surface area contributed by atoms with E-state index in [-0.39, 0.29) is 6.61 Å². The summed E-state index contributed by atoms with van der Waals surface area (Å²) in [6, 6.07) is 13.6. The zero-order valence-electron chi connectivity index (χ0n) is 11.5. The van der Waals surface area contributed by atoms with E-state index in [4.69, 9.17) is 4.74 Å². The average Bonchev–Trinajstić information content (AvgIpc) is 2.50. The van der Waals surface area contributed by atoms with Gasteiger partial charge in [0.1, 0.15) is 5.75 Å². The molecule has 1 heterocycles. The summed E-state index contributed by atoms with van der Waals surface area (Å²) in [5.74, 6) is 1.32. The molecule has 0 unspecified atom stereocenters. The monoisotopic (exact) mass is 343 g/mol. The number of pyridine rings is 1. The minimum atomic E-state index is -0.0366. The highest BCUT2D eigenvalue weighted by Gasteiger charge is 2.10. The van der Waals surface area contributed by atoms with Crippen LogP contribution >= 0.6 is 15.9 Å². The molecular formula is C17H14BrNO2. The molecule has 3 nitrogen and oxygen atoms in total. The van der Waals surface area contributed by atoms with Crippen LogP contribution in [-0.2, 0) is 6.61 Å². The molecule has 0 aliphatic rings. The molecule has 106 valence electrons. The van der Waals surface area contributed by atoms with Crippen molar-refractivity contribution in [1.29, 1.82) is 0 Å². The molecule has 2 aromatic carbocycles. The van der Waals surface area contributed by atoms with Crippen molar-refractivity contribution in [3.05, 3.63) is 64.3 Å². The highest BCUT2D eigenvalue weighted by atomic mass is 79.9. The van der Waals surface area contributed by atoms with Crippen LogP contribution in [0.1, 0.15) is 11.1 Å². The van der Waals surface area contributed by atoms with Crippen molar-refractivity contribution in [2.45, 2.75) is 13.5 Å². The second kappa shape index (κ2) is 5.84. The van der Waals surface area contributed by atoms with Crippen LogP contribution in [0.5, 0.6) is 11.6 Å². The second-order valence-electron chi connectivity index (χ2n) is 4.80. The first kappa shape index (κ1) is 14.0. The number of halogens is 1. The number of benzene rings is 2. The Bertz CT molecular complexity index is 802. The third-order valence-electron chi connectivity index (χ3n) is 3.36. The van der Waals surface area contributed by atoms with E-state index < -0.39 is 0 Å². The topological polar surface area (TPSA) is 42.4 Å². The Morgan fingerprint density at radius 3 is 2.62 bits per heavy atom. The minimum Gasteiger partial charge on any atom is -0.438 e. The number of aliphatic hydroxyl groups is 1. The smallest absolute Gasteiger partial charge is 0.227 e. The van der Waals surface area contributed by atoms with Crippen molar-refractivity contribution in [1.82, 2.24) is 4.98 Å². The summed E-state index contributed by atoms with van der Waals surface area (Å²) >= 11 is 3.44. The number of ether oxygens (including phenoxy) is 1. The van der Waals surface area contributed by atoms with Crippen LogP contribution in [0.4, 0.5) is 0 Å². The van der Waals surface area contributed by atoms with E-state index in [0.717, 1.165) is 32.1 Å². The van der Waals surface area contributed by atoms with Gasteiger partial charge in [0.25, 0.3) is 0 Å². The normalized spacial score (nSPS) is 10.8. The van der Waals surface area contributed by atoms with Gasteiger partial charge in [-0.05, 0) is 42.1 Å². The minimum absolute atomic E-state index is 0.0366. The van der Waals surface area contributed by atoms with Gasteiger partial charge in [-0.25, -0.2) is 4.98 Å². The third-order valence-corrected chi connectivity index (χ3v) is 3.85. The van der Waals surface area contributed by atoms with Crippen LogP contribution in [0.25, 0.3) is 10.8 Å². The standard InChI is InChI=1S/C17H14BrNO2/c1-11-8-13(18)6-7-16(11)21-17-15-5-3-2-4-14(15)12(10-20)9-19-17/h2-9,20H,10H2,1H3. The summed E-state index contributed by atoms with van der Waals surface area (Å²) in [5, 5.41) is 11.3. The SMILES string of the molecule is Cc1cc(Br)ccc1Oc1ncc(CO)c2ccccc12. The molecular weight excluding hydrogens is 330 g/mol. The van der Waals surface area contributed by atoms with E-state index in [1.54, 1.807) is 6.20 Å². The Balaban J connectivity index is 2.09. The highest BCUT2D eigenvalue weighted by molar-refractivity contribution is 9.10. The zero-order valence-corrected chi connectivity index (χ0v) is 13.1. The fourth-order valence-electron chi connectivity index (χ4n) is 2.26. The quantitative estimate of drug-likeness (QED) is 0.756. The number of rotatable bonds is 3. The maximum Gasteiger partial charge on any atom is 0.227 e. The zero-order chi connectivity index (χ0) is 14.8. The molecule has 0 radical (unpaired) electrons. The van der Waals surface area contributed by atoms with E-state index in [1.807, 2.05) is 49.4 Å². The summed E-state index contributed by atoms with van der Waals surface area (Å²) in [7, 11) is 0. The second-order valence-corrected chi connectivity index (χ2v) is 5.72. The summed E-state index contributed by atoms with van der Waals surface area (Å²) < 4.78 is 6.98. The molecule has 0 saturated heterocycles. The Hall–Kier alpha value is -1.91. The van der Waals surface area contributed by atoms with E-state index in [1.165, 1.54) is 0 Å². The highest BCUT2D eigenvalue weighted by Crippen LogP contribution is 2.32. The van der Waals surface area contributed by atoms with Gasteiger partial charge >= 0.3 is 0 Å². The van der Waals surface area contributed by atoms with Crippen molar-refractivity contribution in [2.75, 3.05) is 0 Å². The Morgan fingerprint density at radius 1 is 1.14 bits per heavy atom. The lowest BCUT2D eigenvalue weighted by Gasteiger charge is -2.12. The number of aromatic nitrogens is 1. The molecule has 21 heavy (non-hydrogen) atoms. The number of nitrogens with zero attached hydrogens (tertiary/aromatic N) is 1. The van der Waals surface area contributed by atoms with Gasteiger partial charge in [-0.2, -0.15) is 0 Å². The molecule has 0 spiro atoms. The van der Waals surface area contributed by atoms with Crippen molar-refractivity contribution in [3.8, 4) is 11.6 Å². The van der Waals surface area contributed by atoms with Crippen LogP contribution in [0.2, 0.25) is 0 Å². The van der Waals surface area contributed by atoms with Crippen molar-refractivity contribution < 1.29 is 9.84 Å². The average molecular weight is 344 g/mol. The molecule has 4 heteroatoms. The first-order valence-corrected chi connectivity index (χ1v) is 7.40. The first-order chi connectivity index (χ1) is 10.2. The largest absolute Gasteiger partial charge is 0.438 e. The van der Waals surface area contributed by atoms with E-state index >= 15 is 0 Å². The molecule has 0 bridgehead atoms. The molecule has 0 saturated carbocycles. The van der Waals surface area contributed by atoms with Crippen LogP contribution < -0.4 is 4.74 Å². The van der Waals surface area contributed by atoms with Gasteiger partial charge in [0.2, 0.25) is 5.88 Å². The molecule has 0 aliphatic heterocycles. The molecule has 0 amide bonds. The lowest BCUT2D eigenvalue weighted by molar-refractivity contribution is 0.282. The fourth-order valence-corrected chi connectivity index (χ4v) is 2.74. The molecule has 1 aromatic heterocycles. The third kappa shape index (κ3) is 2.77. The predicted molar refractivity (Wildman–Crippen MR) is 86.6 cm³/mol. The number of fused-ring (bicyclic) bond motifs is 1. The molecule has 0 fully saturated rings. The van der Waals surface area contributed by atoms with E-state index in [9.17, 15) is 5.11 Å². The van der Waals surface area contributed by atoms with Gasteiger partial charge in [0.15, 0.2) is 0 Å². The first-order valence-electron chi connectivity index (χ1n) is 6.60. The van der Waals surface area contributed by atoms with Gasteiger partial charge < -0.3 is 9.84 Å². The van der Waals surface area contributed by atoms with Gasteiger partial charge in [-0.15, -0.1) is 0 Å². The summed E-state index contributed by atoms with van der Waals surface area (Å²) in [6.07, 6.45) is 1.66. The number of aliphatic hydroxyl groups excluding tert-OH is 1. The molecule has 3 rings (SSSR count). The summed E-state index contributed by atoms with van der Waals surface area (Å²) in [5.41, 5.74) is 1.83. The maximum absolute atomic E-state index is 9.40. The molecule has 0 atom stereocenters. The Kier molecular flexibility index (Phi) is 3.90. The van der Waals surface area contributed by atoms with Gasteiger partial charge in [0, 0.05) is 21.6 Å². The predicted octanol–water partition coefficient (Wildman–Crippen LogP) is 4.59.